The number of hydrogen-bond donors (Lipinski definition) is 2. The van der Waals surface area contributed by atoms with E-state index in [1.165, 1.54) is 5.56 Å². The van der Waals surface area contributed by atoms with E-state index >= 15 is 0 Å². The van der Waals surface area contributed by atoms with Gasteiger partial charge in [-0.1, -0.05) is 19.1 Å². The molecule has 106 valence electrons. The van der Waals surface area contributed by atoms with Crippen molar-refractivity contribution in [1.29, 1.82) is 0 Å². The fraction of sp³-hybridized carbons (Fsp3) is 0.333. The Bertz CT molecular complexity index is 588. The smallest absolute Gasteiger partial charge is 0.293 e. The number of aromatic nitrogens is 1. The van der Waals surface area contributed by atoms with Crippen molar-refractivity contribution in [3.63, 3.8) is 0 Å². The molecule has 0 fully saturated rings. The van der Waals surface area contributed by atoms with Crippen LogP contribution in [0, 0.1) is 13.8 Å². The molecule has 5 heteroatoms. The van der Waals surface area contributed by atoms with Crippen molar-refractivity contribution in [2.24, 2.45) is 0 Å². The molecule has 0 aliphatic heterocycles. The summed E-state index contributed by atoms with van der Waals surface area (Å²) in [7, 11) is 0. The third-order valence-corrected chi connectivity index (χ3v) is 2.90. The van der Waals surface area contributed by atoms with Gasteiger partial charge in [0.25, 0.3) is 5.91 Å². The van der Waals surface area contributed by atoms with Crippen molar-refractivity contribution in [3.05, 3.63) is 47.2 Å². The maximum atomic E-state index is 12.0. The minimum Gasteiger partial charge on any atom is -0.436 e. The van der Waals surface area contributed by atoms with E-state index in [0.29, 0.717) is 11.6 Å². The monoisotopic (exact) mass is 273 g/mol. The lowest BCUT2D eigenvalue weighted by atomic mass is 10.2. The van der Waals surface area contributed by atoms with Crippen LogP contribution in [0.1, 0.15) is 34.6 Å². The first-order valence-corrected chi connectivity index (χ1v) is 6.65. The van der Waals surface area contributed by atoms with Crippen LogP contribution in [0.15, 0.2) is 28.7 Å². The van der Waals surface area contributed by atoms with E-state index in [4.69, 9.17) is 4.42 Å². The summed E-state index contributed by atoms with van der Waals surface area (Å²) in [6, 6.07) is 7.72. The molecule has 2 N–H and O–H groups in total. The van der Waals surface area contributed by atoms with Crippen molar-refractivity contribution >= 4 is 11.6 Å². The third kappa shape index (κ3) is 3.45. The SMILES string of the molecule is CCNCc1ccc(NC(=O)c2oc(C)nc2C)cc1. The molecule has 0 bridgehead atoms. The fourth-order valence-electron chi connectivity index (χ4n) is 1.91. The number of rotatable bonds is 5. The molecule has 0 aliphatic rings. The third-order valence-electron chi connectivity index (χ3n) is 2.90. The Labute approximate surface area is 118 Å². The van der Waals surface area contributed by atoms with Crippen LogP contribution in [0.4, 0.5) is 5.69 Å². The first-order chi connectivity index (χ1) is 9.60. The summed E-state index contributed by atoms with van der Waals surface area (Å²) in [5.74, 6) is 0.482. The van der Waals surface area contributed by atoms with Crippen molar-refractivity contribution in [3.8, 4) is 0 Å². The Kier molecular flexibility index (Phi) is 4.53. The summed E-state index contributed by atoms with van der Waals surface area (Å²) >= 11 is 0. The number of anilines is 1. The minimum absolute atomic E-state index is 0.263. The van der Waals surface area contributed by atoms with Crippen LogP contribution in [0.2, 0.25) is 0 Å². The highest BCUT2D eigenvalue weighted by Gasteiger charge is 2.15. The predicted octanol–water partition coefficient (Wildman–Crippen LogP) is 2.65. The molecule has 20 heavy (non-hydrogen) atoms. The summed E-state index contributed by atoms with van der Waals surface area (Å²) in [4.78, 5) is 16.1. The van der Waals surface area contributed by atoms with Crippen LogP contribution in [-0.4, -0.2) is 17.4 Å². The van der Waals surface area contributed by atoms with Gasteiger partial charge in [0.1, 0.15) is 0 Å². The summed E-state index contributed by atoms with van der Waals surface area (Å²) in [5, 5.41) is 6.05. The van der Waals surface area contributed by atoms with Gasteiger partial charge in [0.05, 0.1) is 5.69 Å². The maximum Gasteiger partial charge on any atom is 0.293 e. The summed E-state index contributed by atoms with van der Waals surface area (Å²) in [5.41, 5.74) is 2.52. The van der Waals surface area contributed by atoms with E-state index in [9.17, 15) is 4.79 Å². The largest absolute Gasteiger partial charge is 0.436 e. The highest BCUT2D eigenvalue weighted by Crippen LogP contribution is 2.14. The lowest BCUT2D eigenvalue weighted by molar-refractivity contribution is 0.0994. The molecule has 0 radical (unpaired) electrons. The maximum absolute atomic E-state index is 12.0. The molecule has 0 unspecified atom stereocenters. The average molecular weight is 273 g/mol. The highest BCUT2D eigenvalue weighted by molar-refractivity contribution is 6.02. The van der Waals surface area contributed by atoms with Crippen LogP contribution < -0.4 is 10.6 Å². The average Bonchev–Trinajstić information content (AvgIpc) is 2.77. The number of nitrogens with zero attached hydrogens (tertiary/aromatic N) is 1. The molecule has 1 amide bonds. The first kappa shape index (κ1) is 14.3. The zero-order valence-corrected chi connectivity index (χ0v) is 12.0. The number of carbonyl (C=O) groups is 1. The Morgan fingerprint density at radius 3 is 2.50 bits per heavy atom. The highest BCUT2D eigenvalue weighted by atomic mass is 16.4. The summed E-state index contributed by atoms with van der Waals surface area (Å²) in [6.07, 6.45) is 0. The molecule has 0 saturated heterocycles. The lowest BCUT2D eigenvalue weighted by Crippen LogP contribution is -2.13. The van der Waals surface area contributed by atoms with E-state index in [1.807, 2.05) is 24.3 Å². The van der Waals surface area contributed by atoms with E-state index in [0.717, 1.165) is 18.8 Å². The van der Waals surface area contributed by atoms with Gasteiger partial charge >= 0.3 is 0 Å². The second kappa shape index (κ2) is 6.34. The molecular formula is C15H19N3O2. The number of aryl methyl sites for hydroxylation is 2. The quantitative estimate of drug-likeness (QED) is 0.879. The van der Waals surface area contributed by atoms with Gasteiger partial charge in [-0.3, -0.25) is 4.79 Å². The van der Waals surface area contributed by atoms with Gasteiger partial charge in [-0.25, -0.2) is 4.98 Å². The van der Waals surface area contributed by atoms with Crippen LogP contribution in [0.3, 0.4) is 0 Å². The van der Waals surface area contributed by atoms with E-state index in [2.05, 4.69) is 22.5 Å². The predicted molar refractivity (Wildman–Crippen MR) is 77.8 cm³/mol. The second-order valence-electron chi connectivity index (χ2n) is 4.58. The van der Waals surface area contributed by atoms with Gasteiger partial charge in [0.2, 0.25) is 5.76 Å². The number of oxazole rings is 1. The van der Waals surface area contributed by atoms with Crippen LogP contribution in [0.25, 0.3) is 0 Å². The van der Waals surface area contributed by atoms with E-state index in [1.54, 1.807) is 13.8 Å². The molecule has 1 aromatic heterocycles. The number of nitrogens with one attached hydrogen (secondary N) is 2. The number of benzene rings is 1. The first-order valence-electron chi connectivity index (χ1n) is 6.65. The molecule has 5 nitrogen and oxygen atoms in total. The van der Waals surface area contributed by atoms with Gasteiger partial charge in [0, 0.05) is 19.2 Å². The topological polar surface area (TPSA) is 67.2 Å². The number of carbonyl (C=O) groups excluding carboxylic acids is 1. The van der Waals surface area contributed by atoms with Crippen LogP contribution in [-0.2, 0) is 6.54 Å². The summed E-state index contributed by atoms with van der Waals surface area (Å²) in [6.45, 7) is 7.30. The van der Waals surface area contributed by atoms with Gasteiger partial charge in [-0.2, -0.15) is 0 Å². The molecule has 1 heterocycles. The fourth-order valence-corrected chi connectivity index (χ4v) is 1.91. The zero-order chi connectivity index (χ0) is 14.5. The zero-order valence-electron chi connectivity index (χ0n) is 12.0. The van der Waals surface area contributed by atoms with E-state index in [-0.39, 0.29) is 11.7 Å². The molecule has 0 atom stereocenters. The molecular weight excluding hydrogens is 254 g/mol. The molecule has 2 aromatic rings. The van der Waals surface area contributed by atoms with Crippen LogP contribution in [0.5, 0.6) is 0 Å². The molecule has 0 saturated carbocycles. The second-order valence-corrected chi connectivity index (χ2v) is 4.58. The molecule has 0 aliphatic carbocycles. The van der Waals surface area contributed by atoms with Crippen molar-refractivity contribution in [1.82, 2.24) is 10.3 Å². The Morgan fingerprint density at radius 2 is 1.95 bits per heavy atom. The Morgan fingerprint density at radius 1 is 1.25 bits per heavy atom. The normalized spacial score (nSPS) is 10.6. The van der Waals surface area contributed by atoms with Gasteiger partial charge in [-0.05, 0) is 31.2 Å². The standard InChI is InChI=1S/C15H19N3O2/c1-4-16-9-12-5-7-13(8-6-12)18-15(19)14-10(2)17-11(3)20-14/h5-8,16H,4,9H2,1-3H3,(H,18,19). The van der Waals surface area contributed by atoms with Gasteiger partial charge < -0.3 is 15.1 Å². The van der Waals surface area contributed by atoms with Crippen molar-refractivity contribution in [2.45, 2.75) is 27.3 Å². The lowest BCUT2D eigenvalue weighted by Gasteiger charge is -2.06. The van der Waals surface area contributed by atoms with Crippen LogP contribution >= 0.6 is 0 Å². The Balaban J connectivity index is 2.02. The van der Waals surface area contributed by atoms with Gasteiger partial charge in [0.15, 0.2) is 5.89 Å². The van der Waals surface area contributed by atoms with Crippen molar-refractivity contribution < 1.29 is 9.21 Å². The molecule has 2 rings (SSSR count). The number of amides is 1. The van der Waals surface area contributed by atoms with E-state index < -0.39 is 0 Å². The summed E-state index contributed by atoms with van der Waals surface area (Å²) < 4.78 is 5.29. The van der Waals surface area contributed by atoms with Crippen molar-refractivity contribution in [2.75, 3.05) is 11.9 Å². The molecule has 0 spiro atoms. The molecule has 1 aromatic carbocycles. The Hall–Kier alpha value is -2.14. The number of hydrogen-bond acceptors (Lipinski definition) is 4. The van der Waals surface area contributed by atoms with Gasteiger partial charge in [-0.15, -0.1) is 0 Å². The minimum atomic E-state index is -0.275.